The number of hydrogen-bond acceptors (Lipinski definition) is 3. The van der Waals surface area contributed by atoms with Crippen molar-refractivity contribution in [2.24, 2.45) is 0 Å². The van der Waals surface area contributed by atoms with Gasteiger partial charge in [0.1, 0.15) is 0 Å². The first-order valence-electron chi connectivity index (χ1n) is 6.34. The second kappa shape index (κ2) is 4.78. The molecule has 0 saturated carbocycles. The predicted octanol–water partition coefficient (Wildman–Crippen LogP) is 2.09. The van der Waals surface area contributed by atoms with Gasteiger partial charge in [-0.1, -0.05) is 24.3 Å². The lowest BCUT2D eigenvalue weighted by Crippen LogP contribution is -2.31. The number of rotatable bonds is 2. The molecular formula is C15H17N3. The van der Waals surface area contributed by atoms with Gasteiger partial charge in [-0.2, -0.15) is 0 Å². The molecule has 92 valence electrons. The summed E-state index contributed by atoms with van der Waals surface area (Å²) in [6, 6.07) is 10.9. The monoisotopic (exact) mass is 239 g/mol. The minimum absolute atomic E-state index is 0.349. The molecule has 2 heterocycles. The topological polar surface area (TPSA) is 50.9 Å². The molecule has 1 aliphatic heterocycles. The molecule has 0 saturated heterocycles. The van der Waals surface area contributed by atoms with Gasteiger partial charge in [0.05, 0.1) is 0 Å². The first kappa shape index (κ1) is 11.2. The fourth-order valence-electron chi connectivity index (χ4n) is 2.60. The summed E-state index contributed by atoms with van der Waals surface area (Å²) in [5, 5.41) is 3.57. The third-order valence-electron chi connectivity index (χ3n) is 3.58. The van der Waals surface area contributed by atoms with Crippen LogP contribution in [0.25, 0.3) is 0 Å². The van der Waals surface area contributed by atoms with Crippen LogP contribution in [0.4, 0.5) is 5.69 Å². The van der Waals surface area contributed by atoms with E-state index in [1.165, 1.54) is 11.1 Å². The molecule has 1 aliphatic rings. The Balaban J connectivity index is 1.89. The largest absolute Gasteiger partial charge is 0.398 e. The number of aromatic nitrogens is 1. The highest BCUT2D eigenvalue weighted by atomic mass is 14.9. The zero-order valence-corrected chi connectivity index (χ0v) is 10.3. The van der Waals surface area contributed by atoms with E-state index >= 15 is 0 Å². The van der Waals surface area contributed by atoms with Crippen molar-refractivity contribution in [2.45, 2.75) is 18.9 Å². The number of fused-ring (bicyclic) bond motifs is 1. The maximum atomic E-state index is 5.99. The van der Waals surface area contributed by atoms with E-state index in [1.54, 1.807) is 6.20 Å². The number of hydrogen-bond donors (Lipinski definition) is 2. The second-order valence-electron chi connectivity index (χ2n) is 4.73. The lowest BCUT2D eigenvalue weighted by Gasteiger charge is -2.27. The summed E-state index contributed by atoms with van der Waals surface area (Å²) < 4.78 is 0. The zero-order chi connectivity index (χ0) is 12.4. The fourth-order valence-corrected chi connectivity index (χ4v) is 2.60. The van der Waals surface area contributed by atoms with Crippen LogP contribution in [-0.2, 0) is 12.8 Å². The van der Waals surface area contributed by atoms with Crippen molar-refractivity contribution in [2.75, 3.05) is 12.3 Å². The van der Waals surface area contributed by atoms with E-state index in [2.05, 4.69) is 34.6 Å². The van der Waals surface area contributed by atoms with E-state index in [1.807, 2.05) is 12.3 Å². The van der Waals surface area contributed by atoms with E-state index < -0.39 is 0 Å². The van der Waals surface area contributed by atoms with Crippen molar-refractivity contribution in [1.29, 1.82) is 0 Å². The van der Waals surface area contributed by atoms with Crippen LogP contribution in [0.5, 0.6) is 0 Å². The van der Waals surface area contributed by atoms with Gasteiger partial charge in [-0.3, -0.25) is 4.98 Å². The first-order valence-corrected chi connectivity index (χ1v) is 6.34. The Morgan fingerprint density at radius 3 is 3.06 bits per heavy atom. The summed E-state index contributed by atoms with van der Waals surface area (Å²) in [6.07, 6.45) is 5.61. The third-order valence-corrected chi connectivity index (χ3v) is 3.58. The summed E-state index contributed by atoms with van der Waals surface area (Å²) in [5.74, 6) is 0. The van der Waals surface area contributed by atoms with Crippen LogP contribution in [0.2, 0.25) is 0 Å². The Hall–Kier alpha value is -1.87. The molecule has 0 aliphatic carbocycles. The van der Waals surface area contributed by atoms with E-state index in [4.69, 9.17) is 5.73 Å². The average Bonchev–Trinajstić information content (AvgIpc) is 2.42. The lowest BCUT2D eigenvalue weighted by molar-refractivity contribution is 0.502. The summed E-state index contributed by atoms with van der Waals surface area (Å²) in [7, 11) is 0. The van der Waals surface area contributed by atoms with Gasteiger partial charge in [0.2, 0.25) is 0 Å². The zero-order valence-electron chi connectivity index (χ0n) is 10.3. The highest BCUT2D eigenvalue weighted by molar-refractivity contribution is 5.46. The van der Waals surface area contributed by atoms with Crippen LogP contribution in [0.15, 0.2) is 42.7 Å². The second-order valence-corrected chi connectivity index (χ2v) is 4.73. The molecule has 18 heavy (non-hydrogen) atoms. The molecule has 1 aromatic heterocycles. The molecule has 1 aromatic carbocycles. The number of benzene rings is 1. The normalized spacial score (nSPS) is 18.3. The molecule has 3 nitrogen and oxygen atoms in total. The SMILES string of the molecule is Nc1ccncc1CC1NCCc2ccccc21. The number of pyridine rings is 1. The summed E-state index contributed by atoms with van der Waals surface area (Å²) >= 11 is 0. The quantitative estimate of drug-likeness (QED) is 0.843. The van der Waals surface area contributed by atoms with E-state index in [9.17, 15) is 0 Å². The Kier molecular flexibility index (Phi) is 2.99. The molecule has 1 unspecified atom stereocenters. The molecular weight excluding hydrogens is 222 g/mol. The number of nitrogen functional groups attached to an aromatic ring is 1. The average molecular weight is 239 g/mol. The maximum Gasteiger partial charge on any atom is 0.0378 e. The van der Waals surface area contributed by atoms with Crippen molar-refractivity contribution in [1.82, 2.24) is 10.3 Å². The lowest BCUT2D eigenvalue weighted by atomic mass is 9.90. The molecule has 3 N–H and O–H groups in total. The van der Waals surface area contributed by atoms with Crippen LogP contribution in [0, 0.1) is 0 Å². The molecule has 2 aromatic rings. The highest BCUT2D eigenvalue weighted by Crippen LogP contribution is 2.26. The Labute approximate surface area is 107 Å². The minimum atomic E-state index is 0.349. The van der Waals surface area contributed by atoms with Gasteiger partial charge in [0.15, 0.2) is 0 Å². The van der Waals surface area contributed by atoms with Gasteiger partial charge in [0.25, 0.3) is 0 Å². The number of nitrogens with one attached hydrogen (secondary N) is 1. The number of anilines is 1. The minimum Gasteiger partial charge on any atom is -0.398 e. The molecule has 0 radical (unpaired) electrons. The predicted molar refractivity (Wildman–Crippen MR) is 73.2 cm³/mol. The molecule has 0 bridgehead atoms. The van der Waals surface area contributed by atoms with E-state index in [-0.39, 0.29) is 0 Å². The van der Waals surface area contributed by atoms with Crippen LogP contribution >= 0.6 is 0 Å². The van der Waals surface area contributed by atoms with E-state index in [0.29, 0.717) is 6.04 Å². The highest BCUT2D eigenvalue weighted by Gasteiger charge is 2.19. The number of nitrogens with two attached hydrogens (primary N) is 1. The van der Waals surface area contributed by atoms with E-state index in [0.717, 1.165) is 30.6 Å². The van der Waals surface area contributed by atoms with Crippen molar-refractivity contribution < 1.29 is 0 Å². The van der Waals surface area contributed by atoms with Crippen LogP contribution < -0.4 is 11.1 Å². The van der Waals surface area contributed by atoms with Crippen LogP contribution in [-0.4, -0.2) is 11.5 Å². The Morgan fingerprint density at radius 2 is 2.17 bits per heavy atom. The van der Waals surface area contributed by atoms with Gasteiger partial charge in [-0.05, 0) is 42.1 Å². The Morgan fingerprint density at radius 1 is 1.28 bits per heavy atom. The van der Waals surface area contributed by atoms with Gasteiger partial charge >= 0.3 is 0 Å². The molecule has 1 atom stereocenters. The summed E-state index contributed by atoms with van der Waals surface area (Å²) in [4.78, 5) is 4.16. The van der Waals surface area contributed by atoms with Gasteiger partial charge < -0.3 is 11.1 Å². The van der Waals surface area contributed by atoms with Crippen LogP contribution in [0.1, 0.15) is 22.7 Å². The third kappa shape index (κ3) is 2.09. The molecule has 3 heteroatoms. The van der Waals surface area contributed by atoms with Crippen molar-refractivity contribution >= 4 is 5.69 Å². The molecule has 3 rings (SSSR count). The van der Waals surface area contributed by atoms with Crippen molar-refractivity contribution in [3.8, 4) is 0 Å². The summed E-state index contributed by atoms with van der Waals surface area (Å²) in [5.41, 5.74) is 10.8. The van der Waals surface area contributed by atoms with Gasteiger partial charge in [-0.15, -0.1) is 0 Å². The van der Waals surface area contributed by atoms with Crippen molar-refractivity contribution in [3.63, 3.8) is 0 Å². The first-order chi connectivity index (χ1) is 8.84. The van der Waals surface area contributed by atoms with Crippen molar-refractivity contribution in [3.05, 3.63) is 59.4 Å². The summed E-state index contributed by atoms with van der Waals surface area (Å²) in [6.45, 7) is 1.03. The molecule has 0 spiro atoms. The standard InChI is InChI=1S/C15H17N3/c16-14-6-7-17-10-12(14)9-15-13-4-2-1-3-11(13)5-8-18-15/h1-4,6-7,10,15,18H,5,8-9H2,(H2,16,17). The van der Waals surface area contributed by atoms with Crippen LogP contribution in [0.3, 0.4) is 0 Å². The molecule has 0 amide bonds. The number of nitrogens with zero attached hydrogens (tertiary/aromatic N) is 1. The molecule has 0 fully saturated rings. The van der Waals surface area contributed by atoms with Gasteiger partial charge in [-0.25, -0.2) is 0 Å². The maximum absolute atomic E-state index is 5.99. The smallest absolute Gasteiger partial charge is 0.0378 e. The fraction of sp³-hybridized carbons (Fsp3) is 0.267. The van der Waals surface area contributed by atoms with Gasteiger partial charge in [0, 0.05) is 24.1 Å². The Bertz CT molecular complexity index is 551.